The first-order valence-electron chi connectivity index (χ1n) is 5.74. The zero-order valence-corrected chi connectivity index (χ0v) is 11.8. The zero-order valence-electron chi connectivity index (χ0n) is 11.0. The molecular formula is C12H17FN2O3S. The Hall–Kier alpha value is -1.47. The van der Waals surface area contributed by atoms with Gasteiger partial charge < -0.3 is 5.32 Å². The van der Waals surface area contributed by atoms with Crippen molar-refractivity contribution < 1.29 is 17.6 Å². The molecule has 0 aliphatic rings. The van der Waals surface area contributed by atoms with E-state index in [0.717, 1.165) is 12.1 Å². The van der Waals surface area contributed by atoms with Gasteiger partial charge in [0.05, 0.1) is 10.5 Å². The average Bonchev–Trinajstić information content (AvgIpc) is 2.24. The van der Waals surface area contributed by atoms with Gasteiger partial charge in [0.1, 0.15) is 5.82 Å². The van der Waals surface area contributed by atoms with Crippen LogP contribution in [0.1, 0.15) is 29.8 Å². The van der Waals surface area contributed by atoms with Crippen LogP contribution in [0.4, 0.5) is 4.39 Å². The predicted molar refractivity (Wildman–Crippen MR) is 69.7 cm³/mol. The van der Waals surface area contributed by atoms with Gasteiger partial charge >= 0.3 is 0 Å². The van der Waals surface area contributed by atoms with Gasteiger partial charge in [0.15, 0.2) is 0 Å². The van der Waals surface area contributed by atoms with E-state index in [-0.39, 0.29) is 21.9 Å². The quantitative estimate of drug-likeness (QED) is 0.871. The van der Waals surface area contributed by atoms with E-state index in [9.17, 15) is 17.6 Å². The highest BCUT2D eigenvalue weighted by Crippen LogP contribution is 2.19. The Balaban J connectivity index is 3.19. The fourth-order valence-corrected chi connectivity index (χ4v) is 2.32. The van der Waals surface area contributed by atoms with Gasteiger partial charge in [0, 0.05) is 6.54 Å². The molecule has 0 radical (unpaired) electrons. The van der Waals surface area contributed by atoms with Crippen molar-refractivity contribution in [1.29, 1.82) is 0 Å². The van der Waals surface area contributed by atoms with Crippen LogP contribution in [-0.4, -0.2) is 20.9 Å². The van der Waals surface area contributed by atoms with Crippen molar-refractivity contribution in [1.82, 2.24) is 5.32 Å². The van der Waals surface area contributed by atoms with Crippen LogP contribution in [-0.2, 0) is 10.0 Å². The number of primary sulfonamides is 1. The van der Waals surface area contributed by atoms with E-state index >= 15 is 0 Å². The number of nitrogens with one attached hydrogen (secondary N) is 1. The number of amides is 1. The summed E-state index contributed by atoms with van der Waals surface area (Å²) in [5, 5.41) is 7.54. The Labute approximate surface area is 112 Å². The van der Waals surface area contributed by atoms with Crippen molar-refractivity contribution in [2.45, 2.75) is 25.7 Å². The molecule has 0 saturated heterocycles. The monoisotopic (exact) mass is 288 g/mol. The van der Waals surface area contributed by atoms with Crippen LogP contribution < -0.4 is 10.5 Å². The Morgan fingerprint density at radius 2 is 2.00 bits per heavy atom. The highest BCUT2D eigenvalue weighted by molar-refractivity contribution is 7.89. The number of rotatable bonds is 4. The number of halogens is 1. The lowest BCUT2D eigenvalue weighted by atomic mass is 10.1. The molecule has 1 amide bonds. The Kier molecular flexibility index (Phi) is 4.65. The van der Waals surface area contributed by atoms with Crippen LogP contribution in [0.15, 0.2) is 17.0 Å². The maximum absolute atomic E-state index is 13.7. The zero-order chi connectivity index (χ0) is 14.8. The maximum Gasteiger partial charge on any atom is 0.254 e. The molecule has 0 aromatic heterocycles. The van der Waals surface area contributed by atoms with Crippen molar-refractivity contribution in [2.24, 2.45) is 11.1 Å². The summed E-state index contributed by atoms with van der Waals surface area (Å²) in [7, 11) is -3.98. The summed E-state index contributed by atoms with van der Waals surface area (Å²) in [5.74, 6) is -1.22. The molecule has 7 heteroatoms. The molecule has 106 valence electrons. The van der Waals surface area contributed by atoms with E-state index in [1.54, 1.807) is 0 Å². The molecule has 19 heavy (non-hydrogen) atoms. The molecule has 5 nitrogen and oxygen atoms in total. The first kappa shape index (κ1) is 15.6. The Bertz CT molecular complexity index is 597. The minimum atomic E-state index is -3.98. The third-order valence-corrected chi connectivity index (χ3v) is 3.54. The van der Waals surface area contributed by atoms with E-state index in [2.05, 4.69) is 5.32 Å². The van der Waals surface area contributed by atoms with Crippen LogP contribution in [0.5, 0.6) is 0 Å². The number of nitrogens with two attached hydrogens (primary N) is 1. The van der Waals surface area contributed by atoms with Gasteiger partial charge in [-0.25, -0.2) is 17.9 Å². The normalized spacial score (nSPS) is 11.7. The number of sulfonamides is 1. The predicted octanol–water partition coefficient (Wildman–Crippen LogP) is 1.17. The molecular weight excluding hydrogens is 271 g/mol. The molecule has 0 unspecified atom stereocenters. The van der Waals surface area contributed by atoms with Crippen molar-refractivity contribution in [2.75, 3.05) is 6.54 Å². The lowest BCUT2D eigenvalue weighted by Gasteiger charge is -2.11. The Morgan fingerprint density at radius 3 is 2.47 bits per heavy atom. The summed E-state index contributed by atoms with van der Waals surface area (Å²) in [6, 6.07) is 1.96. The highest BCUT2D eigenvalue weighted by atomic mass is 32.2. The molecule has 0 atom stereocenters. The third-order valence-electron chi connectivity index (χ3n) is 2.49. The van der Waals surface area contributed by atoms with Crippen molar-refractivity contribution in [3.05, 3.63) is 29.1 Å². The summed E-state index contributed by atoms with van der Waals surface area (Å²) in [6.45, 7) is 5.57. The summed E-state index contributed by atoms with van der Waals surface area (Å²) < 4.78 is 36.4. The molecule has 0 aliphatic carbocycles. The molecule has 1 rings (SSSR count). The smallest absolute Gasteiger partial charge is 0.254 e. The summed E-state index contributed by atoms with van der Waals surface area (Å²) in [5.41, 5.74) is -0.157. The molecule has 1 aromatic carbocycles. The van der Waals surface area contributed by atoms with E-state index in [4.69, 9.17) is 5.14 Å². The number of aryl methyl sites for hydroxylation is 1. The minimum absolute atomic E-state index is 0.167. The number of hydrogen-bond acceptors (Lipinski definition) is 3. The fraction of sp³-hybridized carbons (Fsp3) is 0.417. The van der Waals surface area contributed by atoms with Gasteiger partial charge in [-0.05, 0) is 30.5 Å². The number of hydrogen-bond donors (Lipinski definition) is 2. The highest BCUT2D eigenvalue weighted by Gasteiger charge is 2.19. The van der Waals surface area contributed by atoms with Gasteiger partial charge in [-0.2, -0.15) is 0 Å². The third kappa shape index (κ3) is 4.00. The van der Waals surface area contributed by atoms with Crippen LogP contribution in [0.25, 0.3) is 0 Å². The first-order valence-corrected chi connectivity index (χ1v) is 7.28. The van der Waals surface area contributed by atoms with Gasteiger partial charge in [0.2, 0.25) is 10.0 Å². The van der Waals surface area contributed by atoms with Gasteiger partial charge in [-0.15, -0.1) is 0 Å². The van der Waals surface area contributed by atoms with Gasteiger partial charge in [-0.1, -0.05) is 13.8 Å². The number of benzene rings is 1. The second-order valence-electron chi connectivity index (χ2n) is 4.75. The first-order chi connectivity index (χ1) is 8.62. The van der Waals surface area contributed by atoms with E-state index in [1.165, 1.54) is 6.92 Å². The van der Waals surface area contributed by atoms with Gasteiger partial charge in [0.25, 0.3) is 5.91 Å². The lowest BCUT2D eigenvalue weighted by Crippen LogP contribution is -2.28. The molecule has 0 spiro atoms. The van der Waals surface area contributed by atoms with Crippen LogP contribution >= 0.6 is 0 Å². The van der Waals surface area contributed by atoms with E-state index in [0.29, 0.717) is 6.54 Å². The molecule has 3 N–H and O–H groups in total. The maximum atomic E-state index is 13.7. The summed E-state index contributed by atoms with van der Waals surface area (Å²) in [4.78, 5) is 11.5. The molecule has 1 aromatic rings. The molecule has 0 heterocycles. The second-order valence-corrected chi connectivity index (χ2v) is 6.28. The standard InChI is InChI=1S/C12H17FN2O3S/c1-7(2)6-15-12(16)9-5-11(19(14,17)18)8(3)4-10(9)13/h4-5,7H,6H2,1-3H3,(H,15,16)(H2,14,17,18). The van der Waals surface area contributed by atoms with Crippen LogP contribution in [0.3, 0.4) is 0 Å². The summed E-state index contributed by atoms with van der Waals surface area (Å²) >= 11 is 0. The molecule has 0 bridgehead atoms. The van der Waals surface area contributed by atoms with Crippen molar-refractivity contribution in [3.8, 4) is 0 Å². The van der Waals surface area contributed by atoms with Crippen LogP contribution in [0, 0.1) is 18.7 Å². The molecule has 0 saturated carbocycles. The topological polar surface area (TPSA) is 89.3 Å². The second kappa shape index (κ2) is 5.66. The van der Waals surface area contributed by atoms with E-state index in [1.807, 2.05) is 13.8 Å². The lowest BCUT2D eigenvalue weighted by molar-refractivity contribution is 0.0944. The Morgan fingerprint density at radius 1 is 1.42 bits per heavy atom. The minimum Gasteiger partial charge on any atom is -0.352 e. The molecule has 0 fully saturated rings. The number of carbonyl (C=O) groups is 1. The van der Waals surface area contributed by atoms with Crippen LogP contribution in [0.2, 0.25) is 0 Å². The van der Waals surface area contributed by atoms with Crippen molar-refractivity contribution >= 4 is 15.9 Å². The summed E-state index contributed by atoms with van der Waals surface area (Å²) in [6.07, 6.45) is 0. The van der Waals surface area contributed by atoms with E-state index < -0.39 is 21.7 Å². The average molecular weight is 288 g/mol. The van der Waals surface area contributed by atoms with Gasteiger partial charge in [-0.3, -0.25) is 4.79 Å². The molecule has 0 aliphatic heterocycles. The SMILES string of the molecule is Cc1cc(F)c(C(=O)NCC(C)C)cc1S(N)(=O)=O. The fourth-order valence-electron chi connectivity index (χ4n) is 1.53. The van der Waals surface area contributed by atoms with Crippen molar-refractivity contribution in [3.63, 3.8) is 0 Å². The largest absolute Gasteiger partial charge is 0.352 e. The number of carbonyl (C=O) groups excluding carboxylic acids is 1.